The molecule has 0 saturated heterocycles. The summed E-state index contributed by atoms with van der Waals surface area (Å²) in [6.45, 7) is 7.79. The maximum Gasteiger partial charge on any atom is 0.306 e. The molecule has 0 aromatic rings. The molecule has 0 aliphatic heterocycles. The Balaban J connectivity index is 3.97. The number of hydrogen-bond donors (Lipinski definition) is 0. The lowest BCUT2D eigenvalue weighted by Gasteiger charge is -2.18. The molecule has 48 heavy (non-hydrogen) atoms. The number of ether oxygens (including phenoxy) is 3. The molecule has 0 rings (SSSR count). The fourth-order valence-electron chi connectivity index (χ4n) is 6.39. The van der Waals surface area contributed by atoms with Crippen molar-refractivity contribution in [3.63, 3.8) is 0 Å². The lowest BCUT2D eigenvalue weighted by molar-refractivity contribution is -0.163. The van der Waals surface area contributed by atoms with Crippen molar-refractivity contribution in [1.82, 2.24) is 0 Å². The quantitative estimate of drug-likeness (QED) is 0.0476. The normalized spacial score (nSPS) is 12.0. The summed E-state index contributed by atoms with van der Waals surface area (Å²) in [5, 5.41) is 0. The predicted octanol–water partition coefficient (Wildman–Crippen LogP) is 13.8. The Hall–Kier alpha value is -1.10. The van der Waals surface area contributed by atoms with Crippen LogP contribution in [0.2, 0.25) is 0 Å². The second-order valence-electron chi connectivity index (χ2n) is 14.6. The van der Waals surface area contributed by atoms with Crippen LogP contribution in [0.15, 0.2) is 0 Å². The molecule has 0 bridgehead atoms. The van der Waals surface area contributed by atoms with Gasteiger partial charge in [0.2, 0.25) is 0 Å². The van der Waals surface area contributed by atoms with Gasteiger partial charge in [-0.25, -0.2) is 0 Å². The molecule has 0 N–H and O–H groups in total. The van der Waals surface area contributed by atoms with E-state index in [0.717, 1.165) is 38.5 Å². The molecule has 5 nitrogen and oxygen atoms in total. The van der Waals surface area contributed by atoms with E-state index in [2.05, 4.69) is 20.8 Å². The summed E-state index contributed by atoms with van der Waals surface area (Å²) in [4.78, 5) is 24.9. The van der Waals surface area contributed by atoms with Gasteiger partial charge in [0.25, 0.3) is 0 Å². The van der Waals surface area contributed by atoms with E-state index in [9.17, 15) is 9.59 Å². The van der Waals surface area contributed by atoms with E-state index in [1.807, 2.05) is 0 Å². The summed E-state index contributed by atoms with van der Waals surface area (Å²) in [6, 6.07) is 0. The number of unbranched alkanes of at least 4 members (excludes halogenated alkanes) is 29. The Bertz CT molecular complexity index is 651. The van der Waals surface area contributed by atoms with Crippen LogP contribution in [0.1, 0.15) is 239 Å². The van der Waals surface area contributed by atoms with Gasteiger partial charge < -0.3 is 14.2 Å². The van der Waals surface area contributed by atoms with Crippen LogP contribution < -0.4 is 0 Å². The first-order chi connectivity index (χ1) is 23.6. The summed E-state index contributed by atoms with van der Waals surface area (Å²) < 4.78 is 17.1. The van der Waals surface area contributed by atoms with Gasteiger partial charge in [0.15, 0.2) is 6.10 Å². The largest absolute Gasteiger partial charge is 0.462 e. The average molecular weight is 681 g/mol. The van der Waals surface area contributed by atoms with Crippen LogP contribution >= 0.6 is 0 Å². The lowest BCUT2D eigenvalue weighted by Crippen LogP contribution is -2.30. The molecule has 1 atom stereocenters. The predicted molar refractivity (Wildman–Crippen MR) is 206 cm³/mol. The molecule has 286 valence electrons. The zero-order valence-electron chi connectivity index (χ0n) is 32.8. The molecule has 0 aliphatic carbocycles. The van der Waals surface area contributed by atoms with E-state index in [0.29, 0.717) is 26.1 Å². The molecule has 0 aromatic carbocycles. The van der Waals surface area contributed by atoms with Crippen LogP contribution in [0.5, 0.6) is 0 Å². The van der Waals surface area contributed by atoms with Crippen LogP contribution in [0.25, 0.3) is 0 Å². The van der Waals surface area contributed by atoms with Crippen molar-refractivity contribution in [2.75, 3.05) is 19.8 Å². The lowest BCUT2D eigenvalue weighted by atomic mass is 10.0. The summed E-state index contributed by atoms with van der Waals surface area (Å²) in [5.74, 6) is -0.394. The number of carbonyl (C=O) groups is 2. The third-order valence-corrected chi connectivity index (χ3v) is 9.64. The maximum atomic E-state index is 12.5. The third-order valence-electron chi connectivity index (χ3n) is 9.64. The van der Waals surface area contributed by atoms with E-state index in [-0.39, 0.29) is 18.5 Å². The number of esters is 2. The molecule has 0 amide bonds. The highest BCUT2D eigenvalue weighted by molar-refractivity contribution is 5.70. The molecule has 0 fully saturated rings. The van der Waals surface area contributed by atoms with Gasteiger partial charge in [0.05, 0.1) is 6.61 Å². The van der Waals surface area contributed by atoms with Gasteiger partial charge in [-0.3, -0.25) is 9.59 Å². The third kappa shape index (κ3) is 37.7. The van der Waals surface area contributed by atoms with Crippen LogP contribution in [0.4, 0.5) is 0 Å². The molecule has 0 radical (unpaired) electrons. The molecule has 0 spiro atoms. The Morgan fingerprint density at radius 1 is 0.375 bits per heavy atom. The van der Waals surface area contributed by atoms with Crippen LogP contribution in [0, 0.1) is 0 Å². The fraction of sp³-hybridized carbons (Fsp3) is 0.953. The monoisotopic (exact) mass is 681 g/mol. The van der Waals surface area contributed by atoms with E-state index >= 15 is 0 Å². The highest BCUT2D eigenvalue weighted by Crippen LogP contribution is 2.15. The first-order valence-electron chi connectivity index (χ1n) is 21.6. The Labute approximate surface area is 300 Å². The van der Waals surface area contributed by atoms with Crippen molar-refractivity contribution in [2.45, 2.75) is 245 Å². The average Bonchev–Trinajstić information content (AvgIpc) is 3.08. The van der Waals surface area contributed by atoms with Gasteiger partial charge in [0, 0.05) is 19.4 Å². The second kappa shape index (κ2) is 40.3. The van der Waals surface area contributed by atoms with Crippen molar-refractivity contribution in [2.24, 2.45) is 0 Å². The first-order valence-corrected chi connectivity index (χ1v) is 21.6. The molecular weight excluding hydrogens is 596 g/mol. The zero-order valence-corrected chi connectivity index (χ0v) is 32.8. The van der Waals surface area contributed by atoms with Crippen molar-refractivity contribution in [3.8, 4) is 0 Å². The van der Waals surface area contributed by atoms with E-state index < -0.39 is 6.10 Å². The summed E-state index contributed by atoms with van der Waals surface area (Å²) in [7, 11) is 0. The van der Waals surface area contributed by atoms with Gasteiger partial charge in [-0.1, -0.05) is 207 Å². The summed E-state index contributed by atoms with van der Waals surface area (Å²) in [6.07, 6.45) is 41.2. The van der Waals surface area contributed by atoms with E-state index in [1.165, 1.54) is 167 Å². The number of hydrogen-bond acceptors (Lipinski definition) is 5. The minimum Gasteiger partial charge on any atom is -0.462 e. The maximum absolute atomic E-state index is 12.5. The first kappa shape index (κ1) is 46.9. The van der Waals surface area contributed by atoms with Gasteiger partial charge in [-0.2, -0.15) is 0 Å². The highest BCUT2D eigenvalue weighted by Gasteiger charge is 2.17. The SMILES string of the molecule is CCCCCCCCCCCCCCCCCCCC(=O)OCC(COCCCCCCCCCCCC)OC(=O)CCCCCCC. The molecular formula is C43H84O5. The molecule has 0 saturated carbocycles. The zero-order chi connectivity index (χ0) is 35.0. The van der Waals surface area contributed by atoms with Gasteiger partial charge in [-0.15, -0.1) is 0 Å². The minimum absolute atomic E-state index is 0.0946. The van der Waals surface area contributed by atoms with Crippen molar-refractivity contribution in [1.29, 1.82) is 0 Å². The molecule has 0 aliphatic rings. The summed E-state index contributed by atoms with van der Waals surface area (Å²) in [5.41, 5.74) is 0. The van der Waals surface area contributed by atoms with Crippen molar-refractivity contribution in [3.05, 3.63) is 0 Å². The smallest absolute Gasteiger partial charge is 0.306 e. The van der Waals surface area contributed by atoms with Gasteiger partial charge >= 0.3 is 11.9 Å². The van der Waals surface area contributed by atoms with Crippen molar-refractivity contribution < 1.29 is 23.8 Å². The van der Waals surface area contributed by atoms with Crippen molar-refractivity contribution >= 4 is 11.9 Å². The molecule has 5 heteroatoms. The molecule has 0 aromatic heterocycles. The fourth-order valence-corrected chi connectivity index (χ4v) is 6.39. The summed E-state index contributed by atoms with van der Waals surface area (Å²) >= 11 is 0. The van der Waals surface area contributed by atoms with Crippen LogP contribution in [-0.2, 0) is 23.8 Å². The molecule has 1 unspecified atom stereocenters. The van der Waals surface area contributed by atoms with E-state index in [4.69, 9.17) is 14.2 Å². The van der Waals surface area contributed by atoms with Gasteiger partial charge in [-0.05, 0) is 19.3 Å². The molecule has 0 heterocycles. The number of rotatable bonds is 40. The highest BCUT2D eigenvalue weighted by atomic mass is 16.6. The van der Waals surface area contributed by atoms with E-state index in [1.54, 1.807) is 0 Å². The Morgan fingerprint density at radius 3 is 1.06 bits per heavy atom. The van der Waals surface area contributed by atoms with Crippen LogP contribution in [0.3, 0.4) is 0 Å². The van der Waals surface area contributed by atoms with Crippen LogP contribution in [-0.4, -0.2) is 37.9 Å². The van der Waals surface area contributed by atoms with Gasteiger partial charge in [0.1, 0.15) is 6.61 Å². The second-order valence-corrected chi connectivity index (χ2v) is 14.6. The Kier molecular flexibility index (Phi) is 39.4. The topological polar surface area (TPSA) is 61.8 Å². The standard InChI is InChI=1S/C43H84O5/c1-4-7-10-13-15-17-19-20-21-22-23-24-25-26-28-31-33-36-42(44)47-40-41(48-43(45)37-34-30-12-9-6-3)39-46-38-35-32-29-27-18-16-14-11-8-5-2/h41H,4-40H2,1-3H3. The number of carbonyl (C=O) groups excluding carboxylic acids is 2. The minimum atomic E-state index is -0.518. The Morgan fingerprint density at radius 2 is 0.688 bits per heavy atom.